The van der Waals surface area contributed by atoms with Gasteiger partial charge >= 0.3 is 0 Å². The van der Waals surface area contributed by atoms with E-state index in [4.69, 9.17) is 43.7 Å². The Morgan fingerprint density at radius 2 is 0.889 bits per heavy atom. The minimum Gasteiger partial charge on any atom is -0.394 e. The van der Waals surface area contributed by atoms with E-state index in [9.17, 15) is 0 Å². The molecule has 9 nitrogen and oxygen atoms in total. The minimum absolute atomic E-state index is 0.0216. The van der Waals surface area contributed by atoms with Crippen LogP contribution in [-0.2, 0) is 28.4 Å². The van der Waals surface area contributed by atoms with E-state index in [0.29, 0.717) is 33.0 Å². The summed E-state index contributed by atoms with van der Waals surface area (Å²) in [5, 5.41) is 26.3. The molecule has 3 atom stereocenters. The van der Waals surface area contributed by atoms with Gasteiger partial charge < -0.3 is 43.7 Å². The molecule has 0 aliphatic rings. The summed E-state index contributed by atoms with van der Waals surface area (Å²) in [4.78, 5) is 0. The topological polar surface area (TPSA) is 116 Å². The van der Waals surface area contributed by atoms with Crippen LogP contribution in [0.2, 0.25) is 0 Å². The number of aliphatic hydroxyl groups excluding tert-OH is 3. The average Bonchev–Trinajstić information content (AvgIpc) is 2.66. The Balaban J connectivity index is 4.19. The maximum Gasteiger partial charge on any atom is 0.104 e. The standard InChI is InChI=1S/C18H38O9/c1-15(24-7-4-19)10-22-13-18(27-12-17(3)26-9-6-21)14-23-11-16(2)25-8-5-20/h15-21H,4-14H2,1-3H3. The highest BCUT2D eigenvalue weighted by Crippen LogP contribution is 2.03. The molecular formula is C18H38O9. The highest BCUT2D eigenvalue weighted by Gasteiger charge is 2.15. The van der Waals surface area contributed by atoms with Gasteiger partial charge in [0.1, 0.15) is 6.10 Å². The van der Waals surface area contributed by atoms with Gasteiger partial charge in [-0.2, -0.15) is 0 Å². The van der Waals surface area contributed by atoms with Crippen molar-refractivity contribution in [1.82, 2.24) is 0 Å². The molecule has 0 fully saturated rings. The van der Waals surface area contributed by atoms with Crippen molar-refractivity contribution in [2.75, 3.05) is 72.7 Å². The molecule has 0 saturated carbocycles. The highest BCUT2D eigenvalue weighted by molar-refractivity contribution is 4.60. The zero-order valence-corrected chi connectivity index (χ0v) is 16.9. The first-order valence-electron chi connectivity index (χ1n) is 9.47. The fourth-order valence-corrected chi connectivity index (χ4v) is 2.05. The molecule has 0 radical (unpaired) electrons. The molecule has 0 bridgehead atoms. The summed E-state index contributed by atoms with van der Waals surface area (Å²) in [6, 6.07) is 0. The van der Waals surface area contributed by atoms with Gasteiger partial charge in [-0.15, -0.1) is 0 Å². The fraction of sp³-hybridized carbons (Fsp3) is 1.00. The second kappa shape index (κ2) is 19.0. The Labute approximate surface area is 162 Å². The third-order valence-corrected chi connectivity index (χ3v) is 3.36. The molecule has 0 aliphatic heterocycles. The van der Waals surface area contributed by atoms with Gasteiger partial charge in [0.05, 0.1) is 91.0 Å². The fourth-order valence-electron chi connectivity index (χ4n) is 2.05. The number of ether oxygens (including phenoxy) is 6. The first kappa shape index (κ1) is 26.6. The molecule has 0 heterocycles. The molecular weight excluding hydrogens is 360 g/mol. The van der Waals surface area contributed by atoms with Crippen LogP contribution >= 0.6 is 0 Å². The Morgan fingerprint density at radius 1 is 0.519 bits per heavy atom. The van der Waals surface area contributed by atoms with Crippen molar-refractivity contribution in [2.45, 2.75) is 45.2 Å². The summed E-state index contributed by atoms with van der Waals surface area (Å²) in [7, 11) is 0. The molecule has 0 rings (SSSR count). The average molecular weight is 398 g/mol. The van der Waals surface area contributed by atoms with Crippen molar-refractivity contribution in [3.8, 4) is 0 Å². The van der Waals surface area contributed by atoms with E-state index >= 15 is 0 Å². The summed E-state index contributed by atoms with van der Waals surface area (Å²) in [6.45, 7) is 8.11. The third kappa shape index (κ3) is 17.5. The number of hydrogen-bond donors (Lipinski definition) is 3. The van der Waals surface area contributed by atoms with Crippen LogP contribution < -0.4 is 0 Å². The molecule has 0 aliphatic carbocycles. The quantitative estimate of drug-likeness (QED) is 0.252. The van der Waals surface area contributed by atoms with Gasteiger partial charge in [-0.25, -0.2) is 0 Å². The van der Waals surface area contributed by atoms with Gasteiger partial charge in [-0.3, -0.25) is 0 Å². The van der Waals surface area contributed by atoms with E-state index in [0.717, 1.165) is 0 Å². The zero-order valence-electron chi connectivity index (χ0n) is 16.9. The number of hydrogen-bond acceptors (Lipinski definition) is 9. The van der Waals surface area contributed by atoms with Crippen molar-refractivity contribution in [2.24, 2.45) is 0 Å². The predicted octanol–water partition coefficient (Wildman–Crippen LogP) is -0.403. The van der Waals surface area contributed by atoms with Crippen molar-refractivity contribution in [3.63, 3.8) is 0 Å². The van der Waals surface area contributed by atoms with Crippen molar-refractivity contribution >= 4 is 0 Å². The Bertz CT molecular complexity index is 287. The molecule has 3 unspecified atom stereocenters. The molecule has 0 aromatic rings. The van der Waals surface area contributed by atoms with Crippen LogP contribution in [0.1, 0.15) is 20.8 Å². The van der Waals surface area contributed by atoms with Crippen molar-refractivity contribution in [1.29, 1.82) is 0 Å². The van der Waals surface area contributed by atoms with E-state index in [2.05, 4.69) is 0 Å². The lowest BCUT2D eigenvalue weighted by molar-refractivity contribution is -0.110. The monoisotopic (exact) mass is 398 g/mol. The minimum atomic E-state index is -0.291. The molecule has 0 saturated heterocycles. The summed E-state index contributed by atoms with van der Waals surface area (Å²) in [5.41, 5.74) is 0. The molecule has 9 heteroatoms. The largest absolute Gasteiger partial charge is 0.394 e. The van der Waals surface area contributed by atoms with E-state index in [1.54, 1.807) is 0 Å². The molecule has 164 valence electrons. The van der Waals surface area contributed by atoms with Crippen LogP contribution in [0.15, 0.2) is 0 Å². The smallest absolute Gasteiger partial charge is 0.104 e. The lowest BCUT2D eigenvalue weighted by atomic mass is 10.3. The Hall–Kier alpha value is -0.360. The second-order valence-electron chi connectivity index (χ2n) is 6.25. The molecule has 3 N–H and O–H groups in total. The lowest BCUT2D eigenvalue weighted by Crippen LogP contribution is -2.32. The summed E-state index contributed by atoms with van der Waals surface area (Å²) < 4.78 is 33.1. The van der Waals surface area contributed by atoms with Crippen molar-refractivity contribution < 1.29 is 43.7 Å². The molecule has 0 aromatic heterocycles. The first-order valence-corrected chi connectivity index (χ1v) is 9.47. The van der Waals surface area contributed by atoms with E-state index in [1.165, 1.54) is 0 Å². The summed E-state index contributed by atoms with van der Waals surface area (Å²) in [6.07, 6.45) is -0.701. The zero-order chi connectivity index (χ0) is 20.3. The molecule has 0 spiro atoms. The number of aliphatic hydroxyl groups is 3. The third-order valence-electron chi connectivity index (χ3n) is 3.36. The molecule has 0 amide bonds. The van der Waals surface area contributed by atoms with E-state index in [-0.39, 0.29) is 64.1 Å². The Morgan fingerprint density at radius 3 is 1.26 bits per heavy atom. The maximum absolute atomic E-state index is 8.79. The SMILES string of the molecule is CC(COCC(COCC(C)OCCO)OCC(C)OCCO)OCCO. The second-order valence-corrected chi connectivity index (χ2v) is 6.25. The molecule has 27 heavy (non-hydrogen) atoms. The number of rotatable bonds is 20. The summed E-state index contributed by atoms with van der Waals surface area (Å²) in [5.74, 6) is 0. The van der Waals surface area contributed by atoms with Crippen LogP contribution in [0.3, 0.4) is 0 Å². The van der Waals surface area contributed by atoms with Gasteiger partial charge in [0.25, 0.3) is 0 Å². The first-order chi connectivity index (χ1) is 13.0. The van der Waals surface area contributed by atoms with Crippen LogP contribution in [0.4, 0.5) is 0 Å². The Kier molecular flexibility index (Phi) is 18.7. The van der Waals surface area contributed by atoms with Gasteiger partial charge in [0.2, 0.25) is 0 Å². The van der Waals surface area contributed by atoms with Gasteiger partial charge in [0, 0.05) is 0 Å². The van der Waals surface area contributed by atoms with Crippen molar-refractivity contribution in [3.05, 3.63) is 0 Å². The van der Waals surface area contributed by atoms with Crippen LogP contribution in [-0.4, -0.2) is 112 Å². The van der Waals surface area contributed by atoms with E-state index < -0.39 is 0 Å². The predicted molar refractivity (Wildman–Crippen MR) is 98.9 cm³/mol. The highest BCUT2D eigenvalue weighted by atomic mass is 16.6. The molecule has 0 aromatic carbocycles. The van der Waals surface area contributed by atoms with Crippen LogP contribution in [0, 0.1) is 0 Å². The van der Waals surface area contributed by atoms with Crippen LogP contribution in [0.25, 0.3) is 0 Å². The van der Waals surface area contributed by atoms with Gasteiger partial charge in [-0.05, 0) is 20.8 Å². The lowest BCUT2D eigenvalue weighted by Gasteiger charge is -2.22. The van der Waals surface area contributed by atoms with Crippen LogP contribution in [0.5, 0.6) is 0 Å². The maximum atomic E-state index is 8.79. The van der Waals surface area contributed by atoms with Gasteiger partial charge in [0.15, 0.2) is 0 Å². The van der Waals surface area contributed by atoms with E-state index in [1.807, 2.05) is 20.8 Å². The normalized spacial score (nSPS) is 16.2. The summed E-state index contributed by atoms with van der Waals surface area (Å²) >= 11 is 0. The van der Waals surface area contributed by atoms with Gasteiger partial charge in [-0.1, -0.05) is 0 Å².